The van der Waals surface area contributed by atoms with Gasteiger partial charge in [-0.1, -0.05) is 38.1 Å². The summed E-state index contributed by atoms with van der Waals surface area (Å²) in [5.74, 6) is 1.43. The first-order valence-electron chi connectivity index (χ1n) is 7.42. The molecule has 0 aliphatic carbocycles. The maximum absolute atomic E-state index is 11.2. The molecule has 0 N–H and O–H groups in total. The minimum Gasteiger partial charge on any atom is -0.489 e. The van der Waals surface area contributed by atoms with E-state index < -0.39 is 0 Å². The van der Waals surface area contributed by atoms with Crippen LogP contribution in [0.3, 0.4) is 0 Å². The third kappa shape index (κ3) is 4.19. The lowest BCUT2D eigenvalue weighted by atomic mass is 9.97. The fourth-order valence-electron chi connectivity index (χ4n) is 2.18. The monoisotopic (exact) mass is 282 g/mol. The molecule has 0 aliphatic heterocycles. The van der Waals surface area contributed by atoms with Crippen molar-refractivity contribution in [1.82, 2.24) is 0 Å². The van der Waals surface area contributed by atoms with Gasteiger partial charge in [-0.2, -0.15) is 0 Å². The Labute approximate surface area is 126 Å². The molecule has 110 valence electrons. The number of carbonyl (C=O) groups excluding carboxylic acids is 1. The molecule has 0 radical (unpaired) electrons. The number of benzene rings is 2. The Bertz CT molecular complexity index is 599. The summed E-state index contributed by atoms with van der Waals surface area (Å²) >= 11 is 0. The van der Waals surface area contributed by atoms with Crippen molar-refractivity contribution in [1.29, 1.82) is 0 Å². The van der Waals surface area contributed by atoms with Crippen LogP contribution in [0.1, 0.15) is 54.6 Å². The van der Waals surface area contributed by atoms with E-state index in [0.29, 0.717) is 18.1 Å². The third-order valence-corrected chi connectivity index (χ3v) is 3.80. The van der Waals surface area contributed by atoms with Crippen molar-refractivity contribution in [3.8, 4) is 5.75 Å². The van der Waals surface area contributed by atoms with E-state index in [4.69, 9.17) is 4.74 Å². The van der Waals surface area contributed by atoms with Gasteiger partial charge in [-0.25, -0.2) is 0 Å². The first kappa shape index (κ1) is 15.3. The normalized spacial score (nSPS) is 12.0. The second-order valence-corrected chi connectivity index (χ2v) is 5.42. The Kier molecular flexibility index (Phi) is 5.15. The molecule has 0 aromatic heterocycles. The molecule has 2 aromatic carbocycles. The highest BCUT2D eigenvalue weighted by Crippen LogP contribution is 2.20. The summed E-state index contributed by atoms with van der Waals surface area (Å²) in [6, 6.07) is 15.8. The summed E-state index contributed by atoms with van der Waals surface area (Å²) in [4.78, 5) is 11.2. The first-order valence-corrected chi connectivity index (χ1v) is 7.42. The summed E-state index contributed by atoms with van der Waals surface area (Å²) in [5, 5.41) is 0. The van der Waals surface area contributed by atoms with Crippen molar-refractivity contribution in [3.63, 3.8) is 0 Å². The summed E-state index contributed by atoms with van der Waals surface area (Å²) in [5.41, 5.74) is 3.23. The zero-order valence-corrected chi connectivity index (χ0v) is 12.9. The maximum atomic E-state index is 11.2. The molecule has 0 aliphatic rings. The summed E-state index contributed by atoms with van der Waals surface area (Å²) in [7, 11) is 0. The third-order valence-electron chi connectivity index (χ3n) is 3.80. The predicted octanol–water partition coefficient (Wildman–Crippen LogP) is 4.98. The van der Waals surface area contributed by atoms with E-state index in [0.717, 1.165) is 12.2 Å². The van der Waals surface area contributed by atoms with E-state index >= 15 is 0 Å². The highest BCUT2D eigenvalue weighted by Gasteiger charge is 2.04. The molecule has 0 saturated carbocycles. The lowest BCUT2D eigenvalue weighted by Gasteiger charge is -2.11. The molecule has 0 amide bonds. The Morgan fingerprint density at radius 1 is 1.14 bits per heavy atom. The number of Topliss-reactive ketones (excluding diaryl/α,β-unsaturated/α-hetero) is 1. The molecule has 2 aromatic rings. The van der Waals surface area contributed by atoms with E-state index in [2.05, 4.69) is 38.1 Å². The van der Waals surface area contributed by atoms with E-state index in [9.17, 15) is 4.79 Å². The van der Waals surface area contributed by atoms with Crippen molar-refractivity contribution in [2.45, 2.75) is 39.7 Å². The van der Waals surface area contributed by atoms with Crippen LogP contribution in [-0.4, -0.2) is 5.78 Å². The second kappa shape index (κ2) is 7.07. The molecule has 2 heteroatoms. The fourth-order valence-corrected chi connectivity index (χ4v) is 2.18. The topological polar surface area (TPSA) is 26.3 Å². The van der Waals surface area contributed by atoms with Gasteiger partial charge in [-0.05, 0) is 54.7 Å². The van der Waals surface area contributed by atoms with Crippen LogP contribution in [0.2, 0.25) is 0 Å². The Morgan fingerprint density at radius 2 is 1.86 bits per heavy atom. The number of hydrogen-bond acceptors (Lipinski definition) is 2. The smallest absolute Gasteiger partial charge is 0.159 e. The average molecular weight is 282 g/mol. The van der Waals surface area contributed by atoms with E-state index in [1.807, 2.05) is 12.1 Å². The quantitative estimate of drug-likeness (QED) is 0.698. The molecular formula is C19H22O2. The lowest BCUT2D eigenvalue weighted by Crippen LogP contribution is -1.99. The fraction of sp³-hybridized carbons (Fsp3) is 0.316. The van der Waals surface area contributed by atoms with Gasteiger partial charge in [0.05, 0.1) is 0 Å². The molecule has 0 heterocycles. The van der Waals surface area contributed by atoms with Gasteiger partial charge >= 0.3 is 0 Å². The van der Waals surface area contributed by atoms with Crippen molar-refractivity contribution < 1.29 is 9.53 Å². The number of hydrogen-bond donors (Lipinski definition) is 0. The molecule has 0 bridgehead atoms. The van der Waals surface area contributed by atoms with Crippen LogP contribution in [-0.2, 0) is 6.61 Å². The minimum absolute atomic E-state index is 0.0720. The van der Waals surface area contributed by atoms with Gasteiger partial charge in [-0.15, -0.1) is 0 Å². The number of carbonyl (C=O) groups is 1. The molecule has 0 fully saturated rings. The highest BCUT2D eigenvalue weighted by atomic mass is 16.5. The summed E-state index contributed by atoms with van der Waals surface area (Å²) in [6.45, 7) is 6.55. The van der Waals surface area contributed by atoms with Crippen molar-refractivity contribution in [3.05, 3.63) is 65.2 Å². The molecule has 0 spiro atoms. The molecule has 21 heavy (non-hydrogen) atoms. The van der Waals surface area contributed by atoms with Crippen LogP contribution >= 0.6 is 0 Å². The van der Waals surface area contributed by atoms with Crippen LogP contribution < -0.4 is 4.74 Å². The standard InChI is InChI=1S/C19H22O2/c1-4-14(2)18-7-5-6-16(12-18)13-21-19-10-8-17(9-11-19)15(3)20/h5-12,14H,4,13H2,1-3H3. The van der Waals surface area contributed by atoms with Gasteiger partial charge in [0.1, 0.15) is 12.4 Å². The Hall–Kier alpha value is -2.09. The van der Waals surface area contributed by atoms with Crippen molar-refractivity contribution >= 4 is 5.78 Å². The van der Waals surface area contributed by atoms with Crippen LogP contribution in [0.25, 0.3) is 0 Å². The SMILES string of the molecule is CCC(C)c1cccc(COc2ccc(C(C)=O)cc2)c1. The average Bonchev–Trinajstić information content (AvgIpc) is 2.52. The Morgan fingerprint density at radius 3 is 2.48 bits per heavy atom. The molecular weight excluding hydrogens is 260 g/mol. The van der Waals surface area contributed by atoms with Crippen LogP contribution in [0.15, 0.2) is 48.5 Å². The molecule has 2 nitrogen and oxygen atoms in total. The van der Waals surface area contributed by atoms with E-state index in [-0.39, 0.29) is 5.78 Å². The van der Waals surface area contributed by atoms with Gasteiger partial charge in [0.15, 0.2) is 5.78 Å². The van der Waals surface area contributed by atoms with Gasteiger partial charge in [0.25, 0.3) is 0 Å². The van der Waals surface area contributed by atoms with Crippen LogP contribution in [0, 0.1) is 0 Å². The van der Waals surface area contributed by atoms with Crippen LogP contribution in [0.5, 0.6) is 5.75 Å². The maximum Gasteiger partial charge on any atom is 0.159 e. The van der Waals surface area contributed by atoms with Crippen molar-refractivity contribution in [2.75, 3.05) is 0 Å². The van der Waals surface area contributed by atoms with E-state index in [1.165, 1.54) is 11.1 Å². The largest absolute Gasteiger partial charge is 0.489 e. The second-order valence-electron chi connectivity index (χ2n) is 5.42. The van der Waals surface area contributed by atoms with Crippen LogP contribution in [0.4, 0.5) is 0 Å². The Balaban J connectivity index is 2.01. The minimum atomic E-state index is 0.0720. The zero-order chi connectivity index (χ0) is 15.2. The molecule has 2 rings (SSSR count). The zero-order valence-electron chi connectivity index (χ0n) is 12.9. The van der Waals surface area contributed by atoms with Gasteiger partial charge in [-0.3, -0.25) is 4.79 Å². The first-order chi connectivity index (χ1) is 10.1. The molecule has 1 unspecified atom stereocenters. The van der Waals surface area contributed by atoms with Gasteiger partial charge < -0.3 is 4.74 Å². The lowest BCUT2D eigenvalue weighted by molar-refractivity contribution is 0.101. The predicted molar refractivity (Wildman–Crippen MR) is 85.9 cm³/mol. The number of ketones is 1. The van der Waals surface area contributed by atoms with Gasteiger partial charge in [0, 0.05) is 5.56 Å². The van der Waals surface area contributed by atoms with Gasteiger partial charge in [0.2, 0.25) is 0 Å². The number of rotatable bonds is 6. The molecule has 1 atom stereocenters. The number of ether oxygens (including phenoxy) is 1. The van der Waals surface area contributed by atoms with Crippen molar-refractivity contribution in [2.24, 2.45) is 0 Å². The summed E-state index contributed by atoms with van der Waals surface area (Å²) in [6.07, 6.45) is 1.14. The molecule has 0 saturated heterocycles. The highest BCUT2D eigenvalue weighted by molar-refractivity contribution is 5.94. The van der Waals surface area contributed by atoms with E-state index in [1.54, 1.807) is 19.1 Å². The summed E-state index contributed by atoms with van der Waals surface area (Å²) < 4.78 is 5.78.